The van der Waals surface area contributed by atoms with E-state index in [9.17, 15) is 4.79 Å². The SMILES string of the molecule is Cc1onc(C(=O)NCc2ccccc2Cl)c1COc1ccc(Cl)cc1. The van der Waals surface area contributed by atoms with Crippen LogP contribution in [0.25, 0.3) is 0 Å². The van der Waals surface area contributed by atoms with Crippen molar-refractivity contribution in [2.75, 3.05) is 0 Å². The number of hydrogen-bond donors (Lipinski definition) is 1. The monoisotopic (exact) mass is 390 g/mol. The summed E-state index contributed by atoms with van der Waals surface area (Å²) in [4.78, 5) is 12.5. The van der Waals surface area contributed by atoms with E-state index >= 15 is 0 Å². The normalized spacial score (nSPS) is 10.6. The van der Waals surface area contributed by atoms with Crippen molar-refractivity contribution < 1.29 is 14.1 Å². The molecule has 0 aliphatic heterocycles. The van der Waals surface area contributed by atoms with Crippen molar-refractivity contribution in [1.82, 2.24) is 10.5 Å². The maximum absolute atomic E-state index is 12.5. The number of amides is 1. The Morgan fingerprint density at radius 2 is 1.88 bits per heavy atom. The highest BCUT2D eigenvalue weighted by Crippen LogP contribution is 2.20. The summed E-state index contributed by atoms with van der Waals surface area (Å²) in [6, 6.07) is 14.3. The molecule has 2 aromatic carbocycles. The molecule has 0 aliphatic rings. The molecular weight excluding hydrogens is 375 g/mol. The first-order valence-electron chi connectivity index (χ1n) is 7.89. The van der Waals surface area contributed by atoms with Crippen LogP contribution in [-0.4, -0.2) is 11.1 Å². The third-order valence-corrected chi connectivity index (χ3v) is 4.41. The summed E-state index contributed by atoms with van der Waals surface area (Å²) in [5, 5.41) is 7.87. The van der Waals surface area contributed by atoms with Crippen LogP contribution in [0.15, 0.2) is 53.1 Å². The van der Waals surface area contributed by atoms with Gasteiger partial charge in [-0.1, -0.05) is 46.6 Å². The summed E-state index contributed by atoms with van der Waals surface area (Å²) in [7, 11) is 0. The maximum atomic E-state index is 12.5. The quantitative estimate of drug-likeness (QED) is 0.656. The Labute approximate surface area is 160 Å². The fourth-order valence-electron chi connectivity index (χ4n) is 2.33. The van der Waals surface area contributed by atoms with Crippen molar-refractivity contribution in [3.8, 4) is 5.75 Å². The minimum absolute atomic E-state index is 0.159. The van der Waals surface area contributed by atoms with Crippen LogP contribution in [0.1, 0.15) is 27.4 Å². The fraction of sp³-hybridized carbons (Fsp3) is 0.158. The Morgan fingerprint density at radius 3 is 2.62 bits per heavy atom. The van der Waals surface area contributed by atoms with Crippen LogP contribution in [0.4, 0.5) is 0 Å². The minimum Gasteiger partial charge on any atom is -0.489 e. The van der Waals surface area contributed by atoms with Gasteiger partial charge in [0.2, 0.25) is 0 Å². The molecule has 7 heteroatoms. The molecule has 3 aromatic rings. The molecule has 0 spiro atoms. The first-order chi connectivity index (χ1) is 12.5. The lowest BCUT2D eigenvalue weighted by molar-refractivity contribution is 0.0939. The molecule has 0 unspecified atom stereocenters. The van der Waals surface area contributed by atoms with Gasteiger partial charge in [-0.25, -0.2) is 0 Å². The largest absolute Gasteiger partial charge is 0.489 e. The number of aryl methyl sites for hydroxylation is 1. The van der Waals surface area contributed by atoms with Crippen LogP contribution in [0.3, 0.4) is 0 Å². The number of ether oxygens (including phenoxy) is 1. The molecule has 3 rings (SSSR count). The summed E-state index contributed by atoms with van der Waals surface area (Å²) in [5.41, 5.74) is 1.61. The summed E-state index contributed by atoms with van der Waals surface area (Å²) in [6.45, 7) is 2.19. The second-order valence-corrected chi connectivity index (χ2v) is 6.43. The van der Waals surface area contributed by atoms with Crippen LogP contribution in [0.5, 0.6) is 5.75 Å². The van der Waals surface area contributed by atoms with Crippen LogP contribution < -0.4 is 10.1 Å². The zero-order valence-corrected chi connectivity index (χ0v) is 15.5. The Morgan fingerprint density at radius 1 is 1.15 bits per heavy atom. The number of halogens is 2. The first kappa shape index (κ1) is 18.3. The lowest BCUT2D eigenvalue weighted by Crippen LogP contribution is -2.24. The molecule has 0 bridgehead atoms. The second-order valence-electron chi connectivity index (χ2n) is 5.58. The van der Waals surface area contributed by atoms with E-state index in [-0.39, 0.29) is 18.2 Å². The first-order valence-corrected chi connectivity index (χ1v) is 8.65. The molecule has 5 nitrogen and oxygen atoms in total. The molecule has 1 amide bonds. The lowest BCUT2D eigenvalue weighted by Gasteiger charge is -2.08. The predicted octanol–water partition coefficient (Wildman–Crippen LogP) is 4.80. The summed E-state index contributed by atoms with van der Waals surface area (Å²) in [5.74, 6) is 0.816. The molecule has 1 heterocycles. The van der Waals surface area contributed by atoms with E-state index < -0.39 is 0 Å². The van der Waals surface area contributed by atoms with Gasteiger partial charge < -0.3 is 14.6 Å². The van der Waals surface area contributed by atoms with Crippen LogP contribution in [0, 0.1) is 6.92 Å². The van der Waals surface area contributed by atoms with Gasteiger partial charge in [0.05, 0.1) is 5.56 Å². The van der Waals surface area contributed by atoms with Crippen molar-refractivity contribution in [2.24, 2.45) is 0 Å². The highest BCUT2D eigenvalue weighted by atomic mass is 35.5. The standard InChI is InChI=1S/C19H16Cl2N2O3/c1-12-16(11-25-15-8-6-14(20)7-9-15)18(23-26-12)19(24)22-10-13-4-2-3-5-17(13)21/h2-9H,10-11H2,1H3,(H,22,24). The van der Waals surface area contributed by atoms with Gasteiger partial charge in [-0.3, -0.25) is 4.79 Å². The van der Waals surface area contributed by atoms with Gasteiger partial charge in [0, 0.05) is 16.6 Å². The van der Waals surface area contributed by atoms with Crippen molar-refractivity contribution in [3.63, 3.8) is 0 Å². The van der Waals surface area contributed by atoms with Crippen molar-refractivity contribution in [2.45, 2.75) is 20.1 Å². The molecule has 0 aliphatic carbocycles. The van der Waals surface area contributed by atoms with E-state index in [2.05, 4.69) is 10.5 Å². The lowest BCUT2D eigenvalue weighted by atomic mass is 10.2. The third kappa shape index (κ3) is 4.36. The number of carbonyl (C=O) groups is 1. The van der Waals surface area contributed by atoms with Gasteiger partial charge in [0.1, 0.15) is 18.1 Å². The van der Waals surface area contributed by atoms with Gasteiger partial charge in [0.25, 0.3) is 5.91 Å². The number of aromatic nitrogens is 1. The zero-order chi connectivity index (χ0) is 18.5. The molecule has 134 valence electrons. The van der Waals surface area contributed by atoms with Gasteiger partial charge >= 0.3 is 0 Å². The van der Waals surface area contributed by atoms with Gasteiger partial charge in [0.15, 0.2) is 5.69 Å². The molecule has 0 fully saturated rings. The molecule has 0 saturated carbocycles. The number of nitrogens with zero attached hydrogens (tertiary/aromatic N) is 1. The van der Waals surface area contributed by atoms with E-state index in [1.165, 1.54) is 0 Å². The zero-order valence-electron chi connectivity index (χ0n) is 14.0. The van der Waals surface area contributed by atoms with E-state index in [0.717, 1.165) is 5.56 Å². The average Bonchev–Trinajstić information content (AvgIpc) is 3.01. The smallest absolute Gasteiger partial charge is 0.274 e. The Hall–Kier alpha value is -2.50. The molecule has 26 heavy (non-hydrogen) atoms. The molecule has 0 atom stereocenters. The number of carbonyl (C=O) groups excluding carboxylic acids is 1. The second kappa shape index (κ2) is 8.25. The highest BCUT2D eigenvalue weighted by Gasteiger charge is 2.20. The van der Waals surface area contributed by atoms with Crippen molar-refractivity contribution >= 4 is 29.1 Å². The maximum Gasteiger partial charge on any atom is 0.274 e. The molecule has 1 aromatic heterocycles. The van der Waals surface area contributed by atoms with Gasteiger partial charge in [-0.05, 0) is 42.8 Å². The van der Waals surface area contributed by atoms with E-state index in [1.807, 2.05) is 18.2 Å². The number of rotatable bonds is 6. The van der Waals surface area contributed by atoms with Crippen molar-refractivity contribution in [3.05, 3.63) is 81.2 Å². The predicted molar refractivity (Wildman–Crippen MR) is 99.6 cm³/mol. The minimum atomic E-state index is -0.350. The molecule has 0 saturated heterocycles. The Kier molecular flexibility index (Phi) is 5.81. The fourth-order valence-corrected chi connectivity index (χ4v) is 2.66. The molecule has 1 N–H and O–H groups in total. The van der Waals surface area contributed by atoms with E-state index in [0.29, 0.717) is 33.7 Å². The molecular formula is C19H16Cl2N2O3. The summed E-state index contributed by atoms with van der Waals surface area (Å²) >= 11 is 12.0. The van der Waals surface area contributed by atoms with Crippen LogP contribution in [-0.2, 0) is 13.2 Å². The van der Waals surface area contributed by atoms with E-state index in [4.69, 9.17) is 32.5 Å². The Balaban J connectivity index is 1.67. The molecule has 0 radical (unpaired) electrons. The topological polar surface area (TPSA) is 64.4 Å². The average molecular weight is 391 g/mol. The number of hydrogen-bond acceptors (Lipinski definition) is 4. The summed E-state index contributed by atoms with van der Waals surface area (Å²) < 4.78 is 10.9. The third-order valence-electron chi connectivity index (χ3n) is 3.79. The highest BCUT2D eigenvalue weighted by molar-refractivity contribution is 6.31. The Bertz CT molecular complexity index is 907. The number of nitrogens with one attached hydrogen (secondary N) is 1. The van der Waals surface area contributed by atoms with E-state index in [1.54, 1.807) is 37.3 Å². The van der Waals surface area contributed by atoms with Crippen molar-refractivity contribution in [1.29, 1.82) is 0 Å². The number of benzene rings is 2. The van der Waals surface area contributed by atoms with Gasteiger partial charge in [-0.15, -0.1) is 0 Å². The van der Waals surface area contributed by atoms with Crippen LogP contribution >= 0.6 is 23.2 Å². The van der Waals surface area contributed by atoms with Gasteiger partial charge in [-0.2, -0.15) is 0 Å². The summed E-state index contributed by atoms with van der Waals surface area (Å²) in [6.07, 6.45) is 0. The van der Waals surface area contributed by atoms with Crippen LogP contribution in [0.2, 0.25) is 10.0 Å².